The molecule has 25 heavy (non-hydrogen) atoms. The molecule has 1 amide bonds. The Morgan fingerprint density at radius 3 is 2.84 bits per heavy atom. The number of rotatable bonds is 7. The minimum Gasteiger partial charge on any atom is -0.492 e. The fourth-order valence-electron chi connectivity index (χ4n) is 2.06. The van der Waals surface area contributed by atoms with Crippen molar-refractivity contribution in [3.05, 3.63) is 52.6 Å². The van der Waals surface area contributed by atoms with Crippen molar-refractivity contribution in [1.82, 2.24) is 19.9 Å². The number of halogens is 2. The van der Waals surface area contributed by atoms with Gasteiger partial charge in [-0.25, -0.2) is 0 Å². The number of carbonyl (C=O) groups excluding carboxylic acids is 1. The summed E-state index contributed by atoms with van der Waals surface area (Å²) in [6, 6.07) is 11.0. The van der Waals surface area contributed by atoms with Gasteiger partial charge in [-0.05, 0) is 18.2 Å². The zero-order chi connectivity index (χ0) is 17.6. The maximum atomic E-state index is 11.9. The summed E-state index contributed by atoms with van der Waals surface area (Å²) >= 11 is 13.3. The number of pyridine rings is 1. The first kappa shape index (κ1) is 17.8. The van der Waals surface area contributed by atoms with E-state index in [1.54, 1.807) is 16.7 Å². The molecule has 3 rings (SSSR count). The molecule has 0 fully saturated rings. The molecule has 0 unspecified atom stereocenters. The summed E-state index contributed by atoms with van der Waals surface area (Å²) in [4.78, 5) is 11.9. The van der Waals surface area contributed by atoms with Gasteiger partial charge >= 0.3 is 0 Å². The van der Waals surface area contributed by atoms with Crippen molar-refractivity contribution in [3.63, 3.8) is 0 Å². The Balaban J connectivity index is 1.46. The lowest BCUT2D eigenvalue weighted by Crippen LogP contribution is -2.29. The van der Waals surface area contributed by atoms with Crippen LogP contribution in [-0.4, -0.2) is 39.4 Å². The van der Waals surface area contributed by atoms with Crippen LogP contribution < -0.4 is 10.1 Å². The normalized spacial score (nSPS) is 10.8. The molecule has 0 aliphatic heterocycles. The predicted molar refractivity (Wildman–Crippen MR) is 98.7 cm³/mol. The van der Waals surface area contributed by atoms with Crippen molar-refractivity contribution < 1.29 is 9.53 Å². The number of nitrogens with zero attached hydrogens (tertiary/aromatic N) is 3. The van der Waals surface area contributed by atoms with Gasteiger partial charge < -0.3 is 10.1 Å². The Bertz CT molecular complexity index is 873. The van der Waals surface area contributed by atoms with Crippen molar-refractivity contribution in [2.24, 2.45) is 0 Å². The van der Waals surface area contributed by atoms with E-state index in [0.29, 0.717) is 34.0 Å². The quantitative estimate of drug-likeness (QED) is 0.489. The third-order valence-electron chi connectivity index (χ3n) is 3.16. The Morgan fingerprint density at radius 1 is 1.24 bits per heavy atom. The summed E-state index contributed by atoms with van der Waals surface area (Å²) in [6.07, 6.45) is 1.66. The first-order chi connectivity index (χ1) is 12.1. The second kappa shape index (κ2) is 8.42. The summed E-state index contributed by atoms with van der Waals surface area (Å²) in [5.74, 6) is 0.859. The molecule has 2 heterocycles. The van der Waals surface area contributed by atoms with Gasteiger partial charge in [0.25, 0.3) is 0 Å². The van der Waals surface area contributed by atoms with E-state index in [2.05, 4.69) is 15.5 Å². The molecule has 0 bridgehead atoms. The van der Waals surface area contributed by atoms with Crippen LogP contribution in [0.3, 0.4) is 0 Å². The average Bonchev–Trinajstić information content (AvgIpc) is 3.01. The number of carbonyl (C=O) groups is 1. The number of thioether (sulfide) groups is 1. The molecule has 1 N–H and O–H groups in total. The minimum absolute atomic E-state index is 0.119. The Morgan fingerprint density at radius 2 is 2.04 bits per heavy atom. The van der Waals surface area contributed by atoms with Crippen molar-refractivity contribution in [1.29, 1.82) is 0 Å². The third kappa shape index (κ3) is 4.78. The highest BCUT2D eigenvalue weighted by molar-refractivity contribution is 7.99. The Kier molecular flexibility index (Phi) is 6.01. The highest BCUT2D eigenvalue weighted by Gasteiger charge is 2.12. The molecule has 0 spiro atoms. The summed E-state index contributed by atoms with van der Waals surface area (Å²) in [6.45, 7) is 0.825. The van der Waals surface area contributed by atoms with Gasteiger partial charge in [0.05, 0.1) is 22.3 Å². The lowest BCUT2D eigenvalue weighted by atomic mass is 10.3. The van der Waals surface area contributed by atoms with E-state index in [0.717, 1.165) is 5.75 Å². The minimum atomic E-state index is -0.119. The van der Waals surface area contributed by atoms with E-state index in [1.807, 2.05) is 30.3 Å². The largest absolute Gasteiger partial charge is 0.492 e. The second-order valence-electron chi connectivity index (χ2n) is 4.98. The van der Waals surface area contributed by atoms with Gasteiger partial charge in [0.1, 0.15) is 12.4 Å². The molecule has 0 aliphatic rings. The molecule has 130 valence electrons. The average molecular weight is 397 g/mol. The van der Waals surface area contributed by atoms with E-state index in [-0.39, 0.29) is 11.7 Å². The van der Waals surface area contributed by atoms with Crippen molar-refractivity contribution in [2.45, 2.75) is 5.16 Å². The highest BCUT2D eigenvalue weighted by atomic mass is 35.5. The van der Waals surface area contributed by atoms with Crippen LogP contribution in [0.15, 0.2) is 47.8 Å². The molecule has 0 radical (unpaired) electrons. The number of benzene rings is 1. The maximum absolute atomic E-state index is 11.9. The highest BCUT2D eigenvalue weighted by Crippen LogP contribution is 2.25. The molecule has 6 nitrogen and oxygen atoms in total. The van der Waals surface area contributed by atoms with Gasteiger partial charge in [-0.2, -0.15) is 0 Å². The fourth-order valence-corrected chi connectivity index (χ4v) is 3.31. The molecule has 0 saturated carbocycles. The Labute approximate surface area is 158 Å². The standard InChI is InChI=1S/C16H14Cl2N4O2S/c17-11-8-13(18)15-20-21-16(22(15)9-11)25-10-14(23)19-6-7-24-12-4-2-1-3-5-12/h1-5,8-9H,6-7,10H2,(H,19,23). The van der Waals surface area contributed by atoms with Crippen LogP contribution in [0.1, 0.15) is 0 Å². The van der Waals surface area contributed by atoms with Gasteiger partial charge in [-0.1, -0.05) is 53.2 Å². The molecule has 9 heteroatoms. The smallest absolute Gasteiger partial charge is 0.230 e. The number of fused-ring (bicyclic) bond motifs is 1. The first-order valence-corrected chi connectivity index (χ1v) is 9.15. The topological polar surface area (TPSA) is 68.5 Å². The van der Waals surface area contributed by atoms with Crippen molar-refractivity contribution >= 4 is 46.5 Å². The summed E-state index contributed by atoms with van der Waals surface area (Å²) < 4.78 is 7.18. The van der Waals surface area contributed by atoms with Crippen molar-refractivity contribution in [2.75, 3.05) is 18.9 Å². The summed E-state index contributed by atoms with van der Waals surface area (Å²) in [5, 5.41) is 12.3. The second-order valence-corrected chi connectivity index (χ2v) is 6.77. The third-order valence-corrected chi connectivity index (χ3v) is 4.59. The molecular formula is C16H14Cl2N4O2S. The molecule has 0 atom stereocenters. The summed E-state index contributed by atoms with van der Waals surface area (Å²) in [5.41, 5.74) is 0.505. The lowest BCUT2D eigenvalue weighted by molar-refractivity contribution is -0.118. The van der Waals surface area contributed by atoms with Gasteiger partial charge in [-0.15, -0.1) is 10.2 Å². The molecule has 2 aromatic heterocycles. The number of hydrogen-bond donors (Lipinski definition) is 1. The lowest BCUT2D eigenvalue weighted by Gasteiger charge is -2.07. The molecule has 1 aromatic carbocycles. The zero-order valence-electron chi connectivity index (χ0n) is 13.0. The van der Waals surface area contributed by atoms with E-state index in [4.69, 9.17) is 27.9 Å². The molecule has 0 aliphatic carbocycles. The van der Waals surface area contributed by atoms with Gasteiger partial charge in [0.15, 0.2) is 10.8 Å². The predicted octanol–water partition coefficient (Wildman–Crippen LogP) is 3.32. The van der Waals surface area contributed by atoms with E-state index in [1.165, 1.54) is 11.8 Å². The molecule has 0 saturated heterocycles. The number of hydrogen-bond acceptors (Lipinski definition) is 5. The van der Waals surface area contributed by atoms with E-state index in [9.17, 15) is 4.79 Å². The number of amides is 1. The molecule has 3 aromatic rings. The maximum Gasteiger partial charge on any atom is 0.230 e. The van der Waals surface area contributed by atoms with Gasteiger partial charge in [0, 0.05) is 6.20 Å². The fraction of sp³-hybridized carbons (Fsp3) is 0.188. The number of para-hydroxylation sites is 1. The van der Waals surface area contributed by atoms with Gasteiger partial charge in [0.2, 0.25) is 5.91 Å². The van der Waals surface area contributed by atoms with Crippen LogP contribution in [0, 0.1) is 0 Å². The van der Waals surface area contributed by atoms with Crippen molar-refractivity contribution in [3.8, 4) is 5.75 Å². The number of nitrogens with one attached hydrogen (secondary N) is 1. The van der Waals surface area contributed by atoms with E-state index < -0.39 is 0 Å². The van der Waals surface area contributed by atoms with Crippen LogP contribution >= 0.6 is 35.0 Å². The van der Waals surface area contributed by atoms with Crippen LogP contribution in [-0.2, 0) is 4.79 Å². The zero-order valence-corrected chi connectivity index (χ0v) is 15.3. The van der Waals surface area contributed by atoms with E-state index >= 15 is 0 Å². The molecular weight excluding hydrogens is 383 g/mol. The van der Waals surface area contributed by atoms with Crippen LogP contribution in [0.5, 0.6) is 5.75 Å². The van der Waals surface area contributed by atoms with Crippen LogP contribution in [0.4, 0.5) is 0 Å². The first-order valence-electron chi connectivity index (χ1n) is 7.40. The Hall–Kier alpha value is -1.96. The SMILES string of the molecule is O=C(CSc1nnc2c(Cl)cc(Cl)cn12)NCCOc1ccccc1. The van der Waals surface area contributed by atoms with Gasteiger partial charge in [-0.3, -0.25) is 9.20 Å². The van der Waals surface area contributed by atoms with Crippen LogP contribution in [0.2, 0.25) is 10.0 Å². The number of aromatic nitrogens is 3. The summed E-state index contributed by atoms with van der Waals surface area (Å²) in [7, 11) is 0. The number of ether oxygens (including phenoxy) is 1. The van der Waals surface area contributed by atoms with Crippen LogP contribution in [0.25, 0.3) is 5.65 Å². The monoisotopic (exact) mass is 396 g/mol.